The third kappa shape index (κ3) is 3.05. The van der Waals surface area contributed by atoms with E-state index in [1.807, 2.05) is 38.2 Å². The van der Waals surface area contributed by atoms with Crippen molar-refractivity contribution in [2.24, 2.45) is 5.92 Å². The van der Waals surface area contributed by atoms with Crippen LogP contribution in [0.15, 0.2) is 24.4 Å². The number of aliphatic hydroxyl groups is 1. The maximum atomic E-state index is 9.72. The van der Waals surface area contributed by atoms with Crippen LogP contribution in [0.4, 0.5) is 0 Å². The fourth-order valence-electron chi connectivity index (χ4n) is 1.90. The van der Waals surface area contributed by atoms with Crippen LogP contribution in [0.2, 0.25) is 5.02 Å². The van der Waals surface area contributed by atoms with Gasteiger partial charge in [-0.25, -0.2) is 0 Å². The van der Waals surface area contributed by atoms with Crippen molar-refractivity contribution in [1.82, 2.24) is 10.3 Å². The van der Waals surface area contributed by atoms with Crippen LogP contribution in [0.1, 0.15) is 19.4 Å². The minimum Gasteiger partial charge on any atom is -0.392 e. The van der Waals surface area contributed by atoms with E-state index in [4.69, 9.17) is 11.6 Å². The topological polar surface area (TPSA) is 48.0 Å². The first-order chi connectivity index (χ1) is 8.58. The van der Waals surface area contributed by atoms with Crippen molar-refractivity contribution in [2.45, 2.75) is 26.5 Å². The fourth-order valence-corrected chi connectivity index (χ4v) is 2.07. The lowest BCUT2D eigenvalue weighted by Crippen LogP contribution is -2.30. The average molecular weight is 267 g/mol. The number of aliphatic hydroxyl groups excluding tert-OH is 1. The molecule has 0 bridgehead atoms. The summed E-state index contributed by atoms with van der Waals surface area (Å²) in [5, 5.41) is 14.9. The molecule has 0 aliphatic heterocycles. The highest BCUT2D eigenvalue weighted by Crippen LogP contribution is 2.21. The summed E-state index contributed by atoms with van der Waals surface area (Å²) in [6, 6.07) is 5.83. The number of benzene rings is 1. The van der Waals surface area contributed by atoms with Crippen LogP contribution >= 0.6 is 11.6 Å². The SMILES string of the molecule is CC(C)C(O)CNCc1c[nH]c2cc(Cl)ccc12. The molecule has 3 nitrogen and oxygen atoms in total. The van der Waals surface area contributed by atoms with Crippen molar-refractivity contribution in [1.29, 1.82) is 0 Å². The van der Waals surface area contributed by atoms with Crippen molar-refractivity contribution in [2.75, 3.05) is 6.54 Å². The summed E-state index contributed by atoms with van der Waals surface area (Å²) in [5.41, 5.74) is 2.24. The molecule has 0 radical (unpaired) electrons. The molecule has 0 spiro atoms. The number of nitrogens with one attached hydrogen (secondary N) is 2. The molecule has 18 heavy (non-hydrogen) atoms. The molecule has 0 saturated carbocycles. The Morgan fingerprint density at radius 2 is 2.17 bits per heavy atom. The van der Waals surface area contributed by atoms with Gasteiger partial charge in [0.15, 0.2) is 0 Å². The predicted octanol–water partition coefficient (Wildman–Crippen LogP) is 2.93. The van der Waals surface area contributed by atoms with Gasteiger partial charge in [0.2, 0.25) is 0 Å². The molecule has 1 aromatic carbocycles. The van der Waals surface area contributed by atoms with E-state index in [-0.39, 0.29) is 12.0 Å². The Kier molecular flexibility index (Phi) is 4.27. The normalized spacial score (nSPS) is 13.4. The largest absolute Gasteiger partial charge is 0.392 e. The second-order valence-electron chi connectivity index (χ2n) is 4.95. The summed E-state index contributed by atoms with van der Waals surface area (Å²) in [6.45, 7) is 5.38. The Balaban J connectivity index is 2.00. The summed E-state index contributed by atoms with van der Waals surface area (Å²) in [7, 11) is 0. The van der Waals surface area contributed by atoms with E-state index in [1.54, 1.807) is 0 Å². The zero-order chi connectivity index (χ0) is 13.1. The molecule has 0 amide bonds. The van der Waals surface area contributed by atoms with Crippen LogP contribution < -0.4 is 5.32 Å². The number of hydrogen-bond acceptors (Lipinski definition) is 2. The highest BCUT2D eigenvalue weighted by atomic mass is 35.5. The van der Waals surface area contributed by atoms with Gasteiger partial charge < -0.3 is 15.4 Å². The van der Waals surface area contributed by atoms with E-state index in [0.29, 0.717) is 6.54 Å². The van der Waals surface area contributed by atoms with Crippen LogP contribution in [-0.2, 0) is 6.54 Å². The minimum atomic E-state index is -0.301. The fraction of sp³-hybridized carbons (Fsp3) is 0.429. The summed E-state index contributed by atoms with van der Waals surface area (Å²) in [5.74, 6) is 0.277. The number of aromatic amines is 1. The van der Waals surface area contributed by atoms with Crippen LogP contribution in [0, 0.1) is 5.92 Å². The van der Waals surface area contributed by atoms with Gasteiger partial charge in [0.05, 0.1) is 6.10 Å². The van der Waals surface area contributed by atoms with Crippen molar-refractivity contribution >= 4 is 22.5 Å². The maximum absolute atomic E-state index is 9.72. The standard InChI is InChI=1S/C14H19ClN2O/c1-9(2)14(18)8-16-6-10-7-17-13-5-11(15)3-4-12(10)13/h3-5,7,9,14,16-18H,6,8H2,1-2H3. The summed E-state index contributed by atoms with van der Waals surface area (Å²) in [4.78, 5) is 3.20. The Bertz CT molecular complexity index is 521. The average Bonchev–Trinajstić information content (AvgIpc) is 2.71. The molecular weight excluding hydrogens is 248 g/mol. The predicted molar refractivity (Wildman–Crippen MR) is 75.9 cm³/mol. The van der Waals surface area contributed by atoms with Gasteiger partial charge in [0, 0.05) is 35.2 Å². The van der Waals surface area contributed by atoms with Gasteiger partial charge in [-0.1, -0.05) is 31.5 Å². The molecular formula is C14H19ClN2O. The molecule has 1 heterocycles. The lowest BCUT2D eigenvalue weighted by Gasteiger charge is -2.14. The molecule has 0 saturated heterocycles. The number of rotatable bonds is 5. The molecule has 0 aliphatic carbocycles. The van der Waals surface area contributed by atoms with Gasteiger partial charge in [-0.05, 0) is 23.6 Å². The molecule has 0 aliphatic rings. The third-order valence-electron chi connectivity index (χ3n) is 3.17. The second kappa shape index (κ2) is 5.74. The van der Waals surface area contributed by atoms with Gasteiger partial charge >= 0.3 is 0 Å². The number of hydrogen-bond donors (Lipinski definition) is 3. The molecule has 2 rings (SSSR count). The molecule has 1 aromatic heterocycles. The molecule has 3 N–H and O–H groups in total. The summed E-state index contributed by atoms with van der Waals surface area (Å²) < 4.78 is 0. The molecule has 4 heteroatoms. The number of aromatic nitrogens is 1. The Labute approximate surface area is 112 Å². The molecule has 2 aromatic rings. The first kappa shape index (κ1) is 13.4. The lowest BCUT2D eigenvalue weighted by molar-refractivity contribution is 0.123. The Hall–Kier alpha value is -1.03. The molecule has 1 unspecified atom stereocenters. The number of fused-ring (bicyclic) bond motifs is 1. The highest BCUT2D eigenvalue weighted by molar-refractivity contribution is 6.31. The molecule has 98 valence electrons. The number of halogens is 1. The number of H-pyrrole nitrogens is 1. The van der Waals surface area contributed by atoms with Gasteiger partial charge in [-0.3, -0.25) is 0 Å². The summed E-state index contributed by atoms with van der Waals surface area (Å²) in [6.07, 6.45) is 1.68. The van der Waals surface area contributed by atoms with Gasteiger partial charge in [-0.15, -0.1) is 0 Å². The van der Waals surface area contributed by atoms with E-state index in [2.05, 4.69) is 10.3 Å². The van der Waals surface area contributed by atoms with Gasteiger partial charge in [0.25, 0.3) is 0 Å². The van der Waals surface area contributed by atoms with Crippen LogP contribution in [0.25, 0.3) is 10.9 Å². The van der Waals surface area contributed by atoms with Gasteiger partial charge in [0.1, 0.15) is 0 Å². The van der Waals surface area contributed by atoms with E-state index in [0.717, 1.165) is 17.1 Å². The minimum absolute atomic E-state index is 0.277. The monoisotopic (exact) mass is 266 g/mol. The van der Waals surface area contributed by atoms with Crippen molar-refractivity contribution in [3.8, 4) is 0 Å². The quantitative estimate of drug-likeness (QED) is 0.779. The second-order valence-corrected chi connectivity index (χ2v) is 5.38. The Morgan fingerprint density at radius 1 is 1.39 bits per heavy atom. The van der Waals surface area contributed by atoms with Crippen molar-refractivity contribution in [3.05, 3.63) is 35.0 Å². The van der Waals surface area contributed by atoms with E-state index in [1.165, 1.54) is 10.9 Å². The van der Waals surface area contributed by atoms with Crippen molar-refractivity contribution in [3.63, 3.8) is 0 Å². The zero-order valence-electron chi connectivity index (χ0n) is 10.7. The smallest absolute Gasteiger partial charge is 0.0687 e. The molecule has 0 fully saturated rings. The Morgan fingerprint density at radius 3 is 2.89 bits per heavy atom. The zero-order valence-corrected chi connectivity index (χ0v) is 11.5. The van der Waals surface area contributed by atoms with Crippen LogP contribution in [-0.4, -0.2) is 22.7 Å². The van der Waals surface area contributed by atoms with E-state index in [9.17, 15) is 5.11 Å². The first-order valence-corrected chi connectivity index (χ1v) is 6.60. The maximum Gasteiger partial charge on any atom is 0.0687 e. The summed E-state index contributed by atoms with van der Waals surface area (Å²) >= 11 is 5.94. The van der Waals surface area contributed by atoms with Gasteiger partial charge in [-0.2, -0.15) is 0 Å². The van der Waals surface area contributed by atoms with Crippen LogP contribution in [0.5, 0.6) is 0 Å². The van der Waals surface area contributed by atoms with E-state index < -0.39 is 0 Å². The van der Waals surface area contributed by atoms with E-state index >= 15 is 0 Å². The highest BCUT2D eigenvalue weighted by Gasteiger charge is 2.09. The first-order valence-electron chi connectivity index (χ1n) is 6.22. The lowest BCUT2D eigenvalue weighted by atomic mass is 10.1. The van der Waals surface area contributed by atoms with Crippen molar-refractivity contribution < 1.29 is 5.11 Å². The van der Waals surface area contributed by atoms with Crippen LogP contribution in [0.3, 0.4) is 0 Å². The third-order valence-corrected chi connectivity index (χ3v) is 3.40. The molecule has 1 atom stereocenters.